The maximum Gasteiger partial charge on any atom is 0.316 e. The van der Waals surface area contributed by atoms with E-state index in [0.717, 1.165) is 6.42 Å². The van der Waals surface area contributed by atoms with Crippen molar-refractivity contribution < 1.29 is 9.53 Å². The van der Waals surface area contributed by atoms with Crippen LogP contribution in [0.4, 0.5) is 0 Å². The molecule has 0 heterocycles. The monoisotopic (exact) mass is 150 g/mol. The zero-order valence-electron chi connectivity index (χ0n) is 6.41. The number of carbonyl (C=O) groups excluding carboxylic acids is 1. The molecule has 2 nitrogen and oxygen atoms in total. The molecule has 0 aromatic carbocycles. The highest BCUT2D eigenvalue weighted by molar-refractivity contribution is 5.84. The van der Waals surface area contributed by atoms with Gasteiger partial charge in [-0.2, -0.15) is 0 Å². The molecule has 0 saturated heterocycles. The minimum absolute atomic E-state index is 0.0944. The maximum absolute atomic E-state index is 11.2. The smallest absolute Gasteiger partial charge is 0.316 e. The van der Waals surface area contributed by atoms with Gasteiger partial charge in [0.1, 0.15) is 0 Å². The van der Waals surface area contributed by atoms with E-state index in [-0.39, 0.29) is 11.4 Å². The van der Waals surface area contributed by atoms with E-state index < -0.39 is 0 Å². The fraction of sp³-hybridized carbons (Fsp3) is 0.444. The normalized spacial score (nSPS) is 38.1. The zero-order valence-corrected chi connectivity index (χ0v) is 6.41. The topological polar surface area (TPSA) is 26.3 Å². The largest absolute Gasteiger partial charge is 0.468 e. The van der Waals surface area contributed by atoms with Crippen molar-refractivity contribution in [3.63, 3.8) is 0 Å². The Morgan fingerprint density at radius 3 is 3.09 bits per heavy atom. The fourth-order valence-electron chi connectivity index (χ4n) is 1.65. The van der Waals surface area contributed by atoms with E-state index >= 15 is 0 Å². The van der Waals surface area contributed by atoms with Crippen LogP contribution >= 0.6 is 0 Å². The molecule has 0 radical (unpaired) electrons. The van der Waals surface area contributed by atoms with Gasteiger partial charge in [-0.25, -0.2) is 0 Å². The van der Waals surface area contributed by atoms with Crippen molar-refractivity contribution in [2.24, 2.45) is 11.3 Å². The second kappa shape index (κ2) is 1.97. The number of methoxy groups -OCH3 is 1. The molecular weight excluding hydrogens is 140 g/mol. The third-order valence-electron chi connectivity index (χ3n) is 2.47. The van der Waals surface area contributed by atoms with Gasteiger partial charge in [-0.15, -0.1) is 0 Å². The highest BCUT2D eigenvalue weighted by Gasteiger charge is 2.58. The van der Waals surface area contributed by atoms with E-state index in [4.69, 9.17) is 4.74 Å². The Kier molecular flexibility index (Phi) is 1.19. The summed E-state index contributed by atoms with van der Waals surface area (Å²) >= 11 is 0. The minimum Gasteiger partial charge on any atom is -0.468 e. The third kappa shape index (κ3) is 0.754. The van der Waals surface area contributed by atoms with E-state index in [0.29, 0.717) is 5.92 Å². The van der Waals surface area contributed by atoms with E-state index in [9.17, 15) is 4.79 Å². The average Bonchev–Trinajstić information content (AvgIpc) is 2.78. The lowest BCUT2D eigenvalue weighted by atomic mass is 10.00. The van der Waals surface area contributed by atoms with Crippen LogP contribution in [-0.4, -0.2) is 13.1 Å². The molecule has 2 unspecified atom stereocenters. The van der Waals surface area contributed by atoms with Crippen LogP contribution in [-0.2, 0) is 9.53 Å². The second-order valence-corrected chi connectivity index (χ2v) is 3.09. The Balaban J connectivity index is 2.22. The van der Waals surface area contributed by atoms with Crippen molar-refractivity contribution in [2.75, 3.05) is 7.11 Å². The Bertz CT molecular complexity index is 252. The number of fused-ring (bicyclic) bond motifs is 1. The summed E-state index contributed by atoms with van der Waals surface area (Å²) in [5.41, 5.74) is -0.274. The van der Waals surface area contributed by atoms with Crippen molar-refractivity contribution in [2.45, 2.75) is 6.42 Å². The molecule has 58 valence electrons. The Labute approximate surface area is 65.5 Å². The summed E-state index contributed by atoms with van der Waals surface area (Å²) in [4.78, 5) is 11.2. The molecule has 0 aliphatic heterocycles. The molecule has 2 aliphatic carbocycles. The molecule has 0 bridgehead atoms. The summed E-state index contributed by atoms with van der Waals surface area (Å²) in [5, 5.41) is 0. The lowest BCUT2D eigenvalue weighted by Crippen LogP contribution is -2.17. The fourth-order valence-corrected chi connectivity index (χ4v) is 1.65. The molecule has 2 heteroatoms. The third-order valence-corrected chi connectivity index (χ3v) is 2.47. The summed E-state index contributed by atoms with van der Waals surface area (Å²) < 4.78 is 4.71. The van der Waals surface area contributed by atoms with Gasteiger partial charge in [0.05, 0.1) is 12.5 Å². The molecule has 2 aliphatic rings. The summed E-state index contributed by atoms with van der Waals surface area (Å²) in [7, 11) is 1.44. The van der Waals surface area contributed by atoms with Gasteiger partial charge in [-0.05, 0) is 12.3 Å². The van der Waals surface area contributed by atoms with Gasteiger partial charge in [0.2, 0.25) is 0 Å². The Hall–Kier alpha value is -1.05. The van der Waals surface area contributed by atoms with Crippen LogP contribution in [0.5, 0.6) is 0 Å². The van der Waals surface area contributed by atoms with Gasteiger partial charge >= 0.3 is 5.97 Å². The van der Waals surface area contributed by atoms with E-state index in [2.05, 4.69) is 6.08 Å². The van der Waals surface area contributed by atoms with Crippen molar-refractivity contribution in [1.29, 1.82) is 0 Å². The quantitative estimate of drug-likeness (QED) is 0.526. The van der Waals surface area contributed by atoms with Gasteiger partial charge in [0.15, 0.2) is 0 Å². The standard InChI is InChI=1S/C9H10O2/c1-11-8(10)9-5-3-2-4-7(9)6-9/h2-5,7H,6H2,1H3. The van der Waals surface area contributed by atoms with Gasteiger partial charge in [0.25, 0.3) is 0 Å². The molecule has 11 heavy (non-hydrogen) atoms. The molecule has 1 saturated carbocycles. The van der Waals surface area contributed by atoms with Crippen LogP contribution < -0.4 is 0 Å². The molecule has 0 aromatic rings. The number of esters is 1. The first-order chi connectivity index (χ1) is 5.29. The molecule has 0 amide bonds. The number of carbonyl (C=O) groups is 1. The van der Waals surface area contributed by atoms with Crippen molar-refractivity contribution in [3.05, 3.63) is 24.3 Å². The number of hydrogen-bond donors (Lipinski definition) is 0. The van der Waals surface area contributed by atoms with Gasteiger partial charge in [-0.1, -0.05) is 24.3 Å². The van der Waals surface area contributed by atoms with Gasteiger partial charge in [0, 0.05) is 0 Å². The SMILES string of the molecule is COC(=O)C12C=CC=CC1C2. The predicted octanol–water partition coefficient (Wildman–Crippen LogP) is 1.29. The summed E-state index contributed by atoms with van der Waals surface area (Å²) in [6.07, 6.45) is 8.84. The van der Waals surface area contributed by atoms with Crippen molar-refractivity contribution in [1.82, 2.24) is 0 Å². The minimum atomic E-state index is -0.274. The first kappa shape index (κ1) is 6.65. The molecule has 2 rings (SSSR count). The molecule has 0 spiro atoms. The second-order valence-electron chi connectivity index (χ2n) is 3.09. The van der Waals surface area contributed by atoms with E-state index in [1.165, 1.54) is 7.11 Å². The average molecular weight is 150 g/mol. The summed E-state index contributed by atoms with van der Waals surface area (Å²) in [5.74, 6) is 0.308. The van der Waals surface area contributed by atoms with Crippen LogP contribution in [0.2, 0.25) is 0 Å². The van der Waals surface area contributed by atoms with Crippen LogP contribution in [0.25, 0.3) is 0 Å². The number of rotatable bonds is 1. The molecular formula is C9H10O2. The molecule has 0 aromatic heterocycles. The molecule has 2 atom stereocenters. The highest BCUT2D eigenvalue weighted by atomic mass is 16.5. The van der Waals surface area contributed by atoms with Crippen LogP contribution in [0, 0.1) is 11.3 Å². The lowest BCUT2D eigenvalue weighted by molar-refractivity contribution is -0.145. The van der Waals surface area contributed by atoms with Crippen molar-refractivity contribution in [3.8, 4) is 0 Å². The predicted molar refractivity (Wildman–Crippen MR) is 40.8 cm³/mol. The maximum atomic E-state index is 11.2. The van der Waals surface area contributed by atoms with Crippen molar-refractivity contribution >= 4 is 5.97 Å². The van der Waals surface area contributed by atoms with E-state index in [1.807, 2.05) is 18.2 Å². The Morgan fingerprint density at radius 1 is 1.64 bits per heavy atom. The number of hydrogen-bond acceptors (Lipinski definition) is 2. The zero-order chi connectivity index (χ0) is 7.90. The highest BCUT2D eigenvalue weighted by Crippen LogP contribution is 2.56. The number of ether oxygens (including phenoxy) is 1. The summed E-state index contributed by atoms with van der Waals surface area (Å²) in [6.45, 7) is 0. The van der Waals surface area contributed by atoms with Crippen LogP contribution in [0.3, 0.4) is 0 Å². The summed E-state index contributed by atoms with van der Waals surface area (Å²) in [6, 6.07) is 0. The molecule has 1 fully saturated rings. The first-order valence-electron chi connectivity index (χ1n) is 3.74. The van der Waals surface area contributed by atoms with Crippen LogP contribution in [0.15, 0.2) is 24.3 Å². The van der Waals surface area contributed by atoms with Crippen LogP contribution in [0.1, 0.15) is 6.42 Å². The van der Waals surface area contributed by atoms with E-state index in [1.54, 1.807) is 0 Å². The first-order valence-corrected chi connectivity index (χ1v) is 3.74. The number of allylic oxidation sites excluding steroid dienone is 3. The molecule has 0 N–H and O–H groups in total. The van der Waals surface area contributed by atoms with Gasteiger partial charge in [-0.3, -0.25) is 4.79 Å². The Morgan fingerprint density at radius 2 is 2.45 bits per heavy atom. The van der Waals surface area contributed by atoms with Gasteiger partial charge < -0.3 is 4.74 Å². The lowest BCUT2D eigenvalue weighted by Gasteiger charge is -2.09.